The lowest BCUT2D eigenvalue weighted by Gasteiger charge is -2.07. The molecule has 20 heavy (non-hydrogen) atoms. The van der Waals surface area contributed by atoms with Crippen molar-refractivity contribution in [3.8, 4) is 0 Å². The lowest BCUT2D eigenvalue weighted by molar-refractivity contribution is 0.1000. The van der Waals surface area contributed by atoms with Crippen LogP contribution in [0, 0.1) is 5.82 Å². The number of amides is 1. The van der Waals surface area contributed by atoms with Crippen molar-refractivity contribution in [2.75, 3.05) is 12.4 Å². The molecular formula is C13H13FN4O2. The van der Waals surface area contributed by atoms with Gasteiger partial charge in [-0.05, 0) is 12.1 Å². The molecule has 104 valence electrons. The summed E-state index contributed by atoms with van der Waals surface area (Å²) in [6, 6.07) is 5.23. The fourth-order valence-corrected chi connectivity index (χ4v) is 1.68. The number of nitrogens with two attached hydrogens (primary N) is 1. The zero-order valence-corrected chi connectivity index (χ0v) is 10.8. The van der Waals surface area contributed by atoms with Crippen molar-refractivity contribution in [2.24, 2.45) is 5.73 Å². The fourth-order valence-electron chi connectivity index (χ4n) is 1.68. The molecule has 1 aromatic heterocycles. The fraction of sp³-hybridized carbons (Fsp3) is 0.154. The molecule has 0 radical (unpaired) electrons. The van der Waals surface area contributed by atoms with Gasteiger partial charge in [-0.25, -0.2) is 9.07 Å². The minimum atomic E-state index is -0.705. The van der Waals surface area contributed by atoms with Gasteiger partial charge in [-0.3, -0.25) is 9.59 Å². The van der Waals surface area contributed by atoms with Gasteiger partial charge in [0, 0.05) is 24.2 Å². The molecule has 0 fully saturated rings. The first-order valence-electron chi connectivity index (χ1n) is 5.84. The number of hydrogen-bond donors (Lipinski definition) is 2. The molecule has 1 amide bonds. The van der Waals surface area contributed by atoms with Crippen LogP contribution in [0.5, 0.6) is 0 Å². The first-order chi connectivity index (χ1) is 9.51. The highest BCUT2D eigenvalue weighted by Crippen LogP contribution is 2.11. The molecule has 1 aromatic carbocycles. The Morgan fingerprint density at radius 2 is 2.20 bits per heavy atom. The molecule has 0 aliphatic rings. The summed E-state index contributed by atoms with van der Waals surface area (Å²) >= 11 is 0. The molecule has 0 saturated carbocycles. The van der Waals surface area contributed by atoms with Gasteiger partial charge in [-0.2, -0.15) is 5.10 Å². The van der Waals surface area contributed by atoms with Crippen LogP contribution < -0.4 is 16.6 Å². The molecule has 0 bridgehead atoms. The van der Waals surface area contributed by atoms with Gasteiger partial charge in [0.15, 0.2) is 0 Å². The van der Waals surface area contributed by atoms with Crippen LogP contribution in [0.2, 0.25) is 0 Å². The lowest BCUT2D eigenvalue weighted by atomic mass is 10.1. The Bertz CT molecular complexity index is 712. The third kappa shape index (κ3) is 2.82. The van der Waals surface area contributed by atoms with Crippen LogP contribution in [0.3, 0.4) is 0 Å². The molecule has 0 atom stereocenters. The number of primary amides is 1. The number of carbonyl (C=O) groups excluding carboxylic acids is 1. The smallest absolute Gasteiger partial charge is 0.269 e. The second-order valence-corrected chi connectivity index (χ2v) is 4.16. The van der Waals surface area contributed by atoms with E-state index in [2.05, 4.69) is 10.4 Å². The van der Waals surface area contributed by atoms with Gasteiger partial charge in [0.2, 0.25) is 5.91 Å². The Hall–Kier alpha value is -2.70. The Labute approximate surface area is 114 Å². The Morgan fingerprint density at radius 3 is 2.75 bits per heavy atom. The van der Waals surface area contributed by atoms with E-state index in [0.29, 0.717) is 5.69 Å². The SMILES string of the molecule is CNc1cnn(Cc2ccc(C(N)=O)cc2F)c(=O)c1. The van der Waals surface area contributed by atoms with Gasteiger partial charge in [0.05, 0.1) is 18.4 Å². The largest absolute Gasteiger partial charge is 0.387 e. The zero-order chi connectivity index (χ0) is 14.7. The average Bonchev–Trinajstić information content (AvgIpc) is 2.42. The molecular weight excluding hydrogens is 263 g/mol. The summed E-state index contributed by atoms with van der Waals surface area (Å²) in [5, 5.41) is 6.72. The number of nitrogens with one attached hydrogen (secondary N) is 1. The van der Waals surface area contributed by atoms with Crippen LogP contribution >= 0.6 is 0 Å². The maximum absolute atomic E-state index is 13.8. The van der Waals surface area contributed by atoms with Crippen molar-refractivity contribution >= 4 is 11.6 Å². The molecule has 6 nitrogen and oxygen atoms in total. The van der Waals surface area contributed by atoms with E-state index in [4.69, 9.17) is 5.73 Å². The zero-order valence-electron chi connectivity index (χ0n) is 10.8. The van der Waals surface area contributed by atoms with Crippen LogP contribution in [0.1, 0.15) is 15.9 Å². The van der Waals surface area contributed by atoms with E-state index < -0.39 is 11.7 Å². The van der Waals surface area contributed by atoms with Gasteiger partial charge in [0.25, 0.3) is 5.56 Å². The third-order valence-corrected chi connectivity index (χ3v) is 2.82. The summed E-state index contributed by atoms with van der Waals surface area (Å²) in [6.07, 6.45) is 1.47. The number of halogens is 1. The molecule has 0 unspecified atom stereocenters. The molecule has 0 aliphatic heterocycles. The highest BCUT2D eigenvalue weighted by Gasteiger charge is 2.09. The maximum atomic E-state index is 13.8. The number of hydrogen-bond acceptors (Lipinski definition) is 4. The highest BCUT2D eigenvalue weighted by atomic mass is 19.1. The number of anilines is 1. The summed E-state index contributed by atoms with van der Waals surface area (Å²) in [5.74, 6) is -1.31. The van der Waals surface area contributed by atoms with E-state index in [9.17, 15) is 14.0 Å². The van der Waals surface area contributed by atoms with Crippen LogP contribution in [-0.2, 0) is 6.54 Å². The van der Waals surface area contributed by atoms with E-state index in [1.165, 1.54) is 24.4 Å². The molecule has 2 aromatic rings. The molecule has 3 N–H and O–H groups in total. The summed E-state index contributed by atoms with van der Waals surface area (Å²) < 4.78 is 14.9. The van der Waals surface area contributed by atoms with Crippen molar-refractivity contribution < 1.29 is 9.18 Å². The normalized spacial score (nSPS) is 10.3. The number of aromatic nitrogens is 2. The van der Waals surface area contributed by atoms with Gasteiger partial charge >= 0.3 is 0 Å². The van der Waals surface area contributed by atoms with E-state index >= 15 is 0 Å². The topological polar surface area (TPSA) is 90.0 Å². The minimum Gasteiger partial charge on any atom is -0.387 e. The van der Waals surface area contributed by atoms with Crippen LogP contribution in [-0.4, -0.2) is 22.7 Å². The number of nitrogens with zero attached hydrogens (tertiary/aromatic N) is 2. The van der Waals surface area contributed by atoms with E-state index in [1.54, 1.807) is 7.05 Å². The first kappa shape index (κ1) is 13.7. The summed E-state index contributed by atoms with van der Waals surface area (Å²) in [7, 11) is 1.67. The van der Waals surface area contributed by atoms with E-state index in [1.807, 2.05) is 0 Å². The minimum absolute atomic E-state index is 0.0201. The van der Waals surface area contributed by atoms with Gasteiger partial charge in [0.1, 0.15) is 5.82 Å². The summed E-state index contributed by atoms with van der Waals surface area (Å²) in [4.78, 5) is 22.7. The lowest BCUT2D eigenvalue weighted by Crippen LogP contribution is -2.23. The summed E-state index contributed by atoms with van der Waals surface area (Å²) in [5.41, 5.74) is 5.62. The van der Waals surface area contributed by atoms with Crippen molar-refractivity contribution in [3.63, 3.8) is 0 Å². The molecule has 0 spiro atoms. The standard InChI is InChI=1S/C13H13FN4O2/c1-16-10-5-12(19)18(17-6-10)7-9-3-2-8(13(15)20)4-11(9)14/h2-6,16H,7H2,1H3,(H2,15,20). The van der Waals surface area contributed by atoms with Crippen molar-refractivity contribution in [3.05, 3.63) is 57.8 Å². The highest BCUT2D eigenvalue weighted by molar-refractivity contribution is 5.92. The van der Waals surface area contributed by atoms with Crippen LogP contribution in [0.15, 0.2) is 35.3 Å². The predicted molar refractivity (Wildman–Crippen MR) is 72.1 cm³/mol. The number of rotatable bonds is 4. The first-order valence-corrected chi connectivity index (χ1v) is 5.84. The molecule has 1 heterocycles. The maximum Gasteiger partial charge on any atom is 0.269 e. The molecule has 7 heteroatoms. The van der Waals surface area contributed by atoms with Gasteiger partial charge in [-0.15, -0.1) is 0 Å². The quantitative estimate of drug-likeness (QED) is 0.854. The van der Waals surface area contributed by atoms with Crippen LogP contribution in [0.25, 0.3) is 0 Å². The monoisotopic (exact) mass is 276 g/mol. The third-order valence-electron chi connectivity index (χ3n) is 2.82. The second-order valence-electron chi connectivity index (χ2n) is 4.16. The van der Waals surface area contributed by atoms with Crippen molar-refractivity contribution in [1.29, 1.82) is 0 Å². The van der Waals surface area contributed by atoms with Crippen molar-refractivity contribution in [2.45, 2.75) is 6.54 Å². The summed E-state index contributed by atoms with van der Waals surface area (Å²) in [6.45, 7) is -0.0201. The predicted octanol–water partition coefficient (Wildman–Crippen LogP) is 0.571. The molecule has 0 aliphatic carbocycles. The number of carbonyl (C=O) groups is 1. The second kappa shape index (κ2) is 5.52. The molecule has 2 rings (SSSR count). The Kier molecular flexibility index (Phi) is 3.79. The van der Waals surface area contributed by atoms with E-state index in [-0.39, 0.29) is 23.2 Å². The van der Waals surface area contributed by atoms with Crippen molar-refractivity contribution in [1.82, 2.24) is 9.78 Å². The van der Waals surface area contributed by atoms with Gasteiger partial charge < -0.3 is 11.1 Å². The average molecular weight is 276 g/mol. The Balaban J connectivity index is 2.31. The van der Waals surface area contributed by atoms with Gasteiger partial charge in [-0.1, -0.05) is 6.07 Å². The Morgan fingerprint density at radius 1 is 1.45 bits per heavy atom. The number of benzene rings is 1. The van der Waals surface area contributed by atoms with Crippen LogP contribution in [0.4, 0.5) is 10.1 Å². The van der Waals surface area contributed by atoms with E-state index in [0.717, 1.165) is 10.7 Å². The molecule has 0 saturated heterocycles.